The topological polar surface area (TPSA) is 83.1 Å². The maximum absolute atomic E-state index is 13.6. The number of nitrogens with one attached hydrogen (secondary N) is 1. The van der Waals surface area contributed by atoms with Gasteiger partial charge in [0.1, 0.15) is 11.9 Å². The lowest BCUT2D eigenvalue weighted by Gasteiger charge is -2.34. The number of halogens is 2. The second-order valence-electron chi connectivity index (χ2n) is 9.43. The predicted octanol–water partition coefficient (Wildman–Crippen LogP) is 5.21. The lowest BCUT2D eigenvalue weighted by atomic mass is 9.90. The first-order chi connectivity index (χ1) is 17.8. The Balaban J connectivity index is 1.26. The van der Waals surface area contributed by atoms with E-state index in [0.29, 0.717) is 36.1 Å². The molecule has 1 saturated carbocycles. The molecule has 3 aromatic rings. The summed E-state index contributed by atoms with van der Waals surface area (Å²) in [4.78, 5) is 25.7. The van der Waals surface area contributed by atoms with E-state index >= 15 is 0 Å². The number of esters is 1. The van der Waals surface area contributed by atoms with E-state index < -0.39 is 23.8 Å². The molecule has 6 rings (SSSR count). The van der Waals surface area contributed by atoms with Gasteiger partial charge >= 0.3 is 12.3 Å². The van der Waals surface area contributed by atoms with E-state index in [-0.39, 0.29) is 23.4 Å². The third-order valence-corrected chi connectivity index (χ3v) is 7.14. The molecule has 9 heteroatoms. The molecule has 1 unspecified atom stereocenters. The quantitative estimate of drug-likeness (QED) is 0.478. The average molecular weight is 507 g/mol. The second kappa shape index (κ2) is 8.47. The second-order valence-corrected chi connectivity index (χ2v) is 9.43. The molecule has 0 radical (unpaired) electrons. The molecule has 3 aliphatic rings. The molecule has 7 nitrogen and oxygen atoms in total. The van der Waals surface area contributed by atoms with Gasteiger partial charge in [0, 0.05) is 12.0 Å². The largest absolute Gasteiger partial charge is 0.586 e. The number of hydrogen-bond donors (Lipinski definition) is 1. The van der Waals surface area contributed by atoms with Crippen molar-refractivity contribution in [2.24, 2.45) is 0 Å². The number of amides is 1. The van der Waals surface area contributed by atoms with E-state index in [1.807, 2.05) is 30.3 Å². The third kappa shape index (κ3) is 4.14. The Morgan fingerprint density at radius 1 is 0.946 bits per heavy atom. The number of para-hydroxylation sites is 1. The van der Waals surface area contributed by atoms with Crippen molar-refractivity contribution >= 4 is 11.9 Å². The van der Waals surface area contributed by atoms with Gasteiger partial charge in [-0.1, -0.05) is 36.4 Å². The van der Waals surface area contributed by atoms with Crippen LogP contribution in [0, 0.1) is 0 Å². The van der Waals surface area contributed by atoms with Crippen LogP contribution in [0.4, 0.5) is 8.78 Å². The van der Waals surface area contributed by atoms with Gasteiger partial charge in [0.2, 0.25) is 5.91 Å². The van der Waals surface area contributed by atoms with Gasteiger partial charge in [-0.05, 0) is 54.3 Å². The number of carbonyl (C=O) groups excluding carboxylic acids is 2. The maximum atomic E-state index is 13.6. The molecular formula is C28H23F2NO6. The first-order valence-corrected chi connectivity index (χ1v) is 11.9. The van der Waals surface area contributed by atoms with Gasteiger partial charge in [0.05, 0.1) is 24.1 Å². The van der Waals surface area contributed by atoms with Gasteiger partial charge in [0.15, 0.2) is 11.5 Å². The van der Waals surface area contributed by atoms with Crippen molar-refractivity contribution in [2.75, 3.05) is 7.11 Å². The molecule has 1 fully saturated rings. The molecule has 1 N–H and O–H groups in total. The minimum atomic E-state index is -3.72. The Hall–Kier alpha value is -4.14. The Morgan fingerprint density at radius 3 is 2.51 bits per heavy atom. The number of rotatable bonds is 5. The molecule has 2 aliphatic heterocycles. The molecule has 190 valence electrons. The fraction of sp³-hybridized carbons (Fsp3) is 0.286. The monoisotopic (exact) mass is 507 g/mol. The highest BCUT2D eigenvalue weighted by molar-refractivity contribution is 5.92. The van der Waals surface area contributed by atoms with Gasteiger partial charge in [-0.15, -0.1) is 8.78 Å². The van der Waals surface area contributed by atoms with E-state index in [2.05, 4.69) is 14.8 Å². The minimum absolute atomic E-state index is 0.0552. The normalized spacial score (nSPS) is 21.8. The highest BCUT2D eigenvalue weighted by Gasteiger charge is 2.53. The maximum Gasteiger partial charge on any atom is 0.586 e. The van der Waals surface area contributed by atoms with Crippen molar-refractivity contribution in [1.29, 1.82) is 0 Å². The number of benzene rings is 3. The fourth-order valence-corrected chi connectivity index (χ4v) is 5.06. The number of fused-ring (bicyclic) bond motifs is 2. The van der Waals surface area contributed by atoms with Crippen LogP contribution in [0.15, 0.2) is 66.7 Å². The summed E-state index contributed by atoms with van der Waals surface area (Å²) in [6.07, 6.45) is -2.51. The number of methoxy groups -OCH3 is 1. The first-order valence-electron chi connectivity index (χ1n) is 11.9. The molecule has 0 spiro atoms. The Morgan fingerprint density at radius 2 is 1.73 bits per heavy atom. The van der Waals surface area contributed by atoms with Crippen LogP contribution in [0.5, 0.6) is 17.2 Å². The van der Waals surface area contributed by atoms with E-state index in [1.54, 1.807) is 24.3 Å². The van der Waals surface area contributed by atoms with E-state index in [0.717, 1.165) is 11.1 Å². The number of hydrogen-bond acceptors (Lipinski definition) is 6. The molecule has 1 aliphatic carbocycles. The SMILES string of the molecule is COC(=O)c1cccc([C@H]2CC(NC(=O)C3(c4ccc5c(c4)OC(F)(F)O5)CC3)c3ccccc3O2)c1. The van der Waals surface area contributed by atoms with Crippen LogP contribution in [0.1, 0.15) is 58.5 Å². The summed E-state index contributed by atoms with van der Waals surface area (Å²) in [5.74, 6) is -0.131. The van der Waals surface area contributed by atoms with Crippen LogP contribution in [-0.4, -0.2) is 25.3 Å². The van der Waals surface area contributed by atoms with Crippen LogP contribution in [0.25, 0.3) is 0 Å². The van der Waals surface area contributed by atoms with Crippen molar-refractivity contribution in [3.8, 4) is 17.2 Å². The molecule has 1 amide bonds. The Kier molecular flexibility index (Phi) is 5.33. The van der Waals surface area contributed by atoms with Crippen LogP contribution < -0.4 is 19.5 Å². The number of ether oxygens (including phenoxy) is 4. The Bertz CT molecular complexity index is 1400. The summed E-state index contributed by atoms with van der Waals surface area (Å²) in [5, 5.41) is 3.18. The van der Waals surface area contributed by atoms with Crippen LogP contribution in [0.3, 0.4) is 0 Å². The summed E-state index contributed by atoms with van der Waals surface area (Å²) in [6.45, 7) is 0. The highest BCUT2D eigenvalue weighted by atomic mass is 19.3. The van der Waals surface area contributed by atoms with E-state index in [1.165, 1.54) is 19.2 Å². The number of carbonyl (C=O) groups is 2. The smallest absolute Gasteiger partial charge is 0.485 e. The summed E-state index contributed by atoms with van der Waals surface area (Å²) in [6, 6.07) is 18.7. The molecule has 0 saturated heterocycles. The molecule has 2 atom stereocenters. The zero-order valence-electron chi connectivity index (χ0n) is 19.8. The van der Waals surface area contributed by atoms with Gasteiger partial charge < -0.3 is 24.3 Å². The minimum Gasteiger partial charge on any atom is -0.485 e. The summed E-state index contributed by atoms with van der Waals surface area (Å²) < 4.78 is 47.2. The van der Waals surface area contributed by atoms with Crippen molar-refractivity contribution in [3.63, 3.8) is 0 Å². The molecule has 0 aromatic heterocycles. The highest BCUT2D eigenvalue weighted by Crippen LogP contribution is 2.52. The molecular weight excluding hydrogens is 484 g/mol. The van der Waals surface area contributed by atoms with Gasteiger partial charge in [0.25, 0.3) is 0 Å². The van der Waals surface area contributed by atoms with Crippen LogP contribution in [-0.2, 0) is 14.9 Å². The van der Waals surface area contributed by atoms with Crippen molar-refractivity contribution in [1.82, 2.24) is 5.32 Å². The van der Waals surface area contributed by atoms with Crippen molar-refractivity contribution in [3.05, 3.63) is 89.0 Å². The standard InChI is InChI=1S/C28H23F2NO6/c1-34-25(32)17-6-4-5-16(13-17)23-15-20(19-7-2-3-8-21(19)35-23)31-26(33)27(11-12-27)18-9-10-22-24(14-18)37-28(29,30)36-22/h2-10,13-14,20,23H,11-12,15H2,1H3,(H,31,33)/t20?,23-/m1/s1. The zero-order valence-corrected chi connectivity index (χ0v) is 19.8. The van der Waals surface area contributed by atoms with Gasteiger partial charge in [-0.25, -0.2) is 4.79 Å². The molecule has 37 heavy (non-hydrogen) atoms. The molecule has 3 aromatic carbocycles. The van der Waals surface area contributed by atoms with E-state index in [4.69, 9.17) is 9.47 Å². The molecule has 2 heterocycles. The molecule has 0 bridgehead atoms. The van der Waals surface area contributed by atoms with Gasteiger partial charge in [-0.2, -0.15) is 0 Å². The third-order valence-electron chi connectivity index (χ3n) is 7.14. The number of alkyl halides is 2. The lowest BCUT2D eigenvalue weighted by molar-refractivity contribution is -0.286. The summed E-state index contributed by atoms with van der Waals surface area (Å²) in [5.41, 5.74) is 1.82. The van der Waals surface area contributed by atoms with Crippen LogP contribution >= 0.6 is 0 Å². The average Bonchev–Trinajstić information content (AvgIpc) is 3.65. The summed E-state index contributed by atoms with van der Waals surface area (Å²) >= 11 is 0. The fourth-order valence-electron chi connectivity index (χ4n) is 5.06. The van der Waals surface area contributed by atoms with E-state index in [9.17, 15) is 18.4 Å². The van der Waals surface area contributed by atoms with Crippen molar-refractivity contribution in [2.45, 2.75) is 43.1 Å². The first kappa shape index (κ1) is 23.3. The summed E-state index contributed by atoms with van der Waals surface area (Å²) in [7, 11) is 1.33. The Labute approximate surface area is 211 Å². The van der Waals surface area contributed by atoms with Gasteiger partial charge in [-0.3, -0.25) is 4.79 Å². The lowest BCUT2D eigenvalue weighted by Crippen LogP contribution is -2.39. The van der Waals surface area contributed by atoms with Crippen molar-refractivity contribution < 1.29 is 37.3 Å². The predicted molar refractivity (Wildman–Crippen MR) is 127 cm³/mol. The van der Waals surface area contributed by atoms with Crippen LogP contribution in [0.2, 0.25) is 0 Å². The zero-order chi connectivity index (χ0) is 25.8.